The lowest BCUT2D eigenvalue weighted by Gasteiger charge is -2.33. The van der Waals surface area contributed by atoms with E-state index in [1.54, 1.807) is 53.4 Å². The van der Waals surface area contributed by atoms with Gasteiger partial charge in [-0.25, -0.2) is 9.78 Å². The number of benzene rings is 1. The van der Waals surface area contributed by atoms with Gasteiger partial charge in [0.1, 0.15) is 5.75 Å². The molecular formula is C19H19N5O4. The molecule has 0 unspecified atom stereocenters. The average molecular weight is 381 g/mol. The van der Waals surface area contributed by atoms with E-state index in [1.807, 2.05) is 0 Å². The third-order valence-electron chi connectivity index (χ3n) is 4.56. The minimum Gasteiger partial charge on any atom is -0.497 e. The molecule has 1 aliphatic heterocycles. The Morgan fingerprint density at radius 1 is 1.07 bits per heavy atom. The molecule has 144 valence electrons. The van der Waals surface area contributed by atoms with Crippen LogP contribution in [0.25, 0.3) is 11.0 Å². The highest BCUT2D eigenvalue weighted by molar-refractivity contribution is 5.94. The second-order valence-corrected chi connectivity index (χ2v) is 6.30. The highest BCUT2D eigenvalue weighted by atomic mass is 16.6. The lowest BCUT2D eigenvalue weighted by Crippen LogP contribution is -2.51. The van der Waals surface area contributed by atoms with E-state index >= 15 is 0 Å². The first-order chi connectivity index (χ1) is 13.6. The molecule has 4 rings (SSSR count). The van der Waals surface area contributed by atoms with Crippen LogP contribution in [0.3, 0.4) is 0 Å². The van der Waals surface area contributed by atoms with Gasteiger partial charge in [-0.2, -0.15) is 0 Å². The number of piperazine rings is 1. The number of nitrogens with one attached hydrogen (secondary N) is 1. The zero-order valence-corrected chi connectivity index (χ0v) is 15.3. The molecule has 1 aromatic carbocycles. The molecule has 2 amide bonds. The van der Waals surface area contributed by atoms with Gasteiger partial charge in [0.2, 0.25) is 0 Å². The van der Waals surface area contributed by atoms with Crippen molar-refractivity contribution in [3.8, 4) is 11.5 Å². The molecule has 3 aromatic rings. The summed E-state index contributed by atoms with van der Waals surface area (Å²) in [5.74, 6) is 1.16. The van der Waals surface area contributed by atoms with Gasteiger partial charge in [0, 0.05) is 38.4 Å². The van der Waals surface area contributed by atoms with E-state index in [1.165, 1.54) is 6.20 Å². The van der Waals surface area contributed by atoms with E-state index in [9.17, 15) is 9.59 Å². The van der Waals surface area contributed by atoms with Crippen molar-refractivity contribution in [2.45, 2.75) is 0 Å². The van der Waals surface area contributed by atoms with Gasteiger partial charge in [0.25, 0.3) is 5.91 Å². The summed E-state index contributed by atoms with van der Waals surface area (Å²) >= 11 is 0. The van der Waals surface area contributed by atoms with Gasteiger partial charge in [-0.15, -0.1) is 0 Å². The van der Waals surface area contributed by atoms with E-state index in [2.05, 4.69) is 15.0 Å². The van der Waals surface area contributed by atoms with Crippen LogP contribution in [0.2, 0.25) is 0 Å². The number of fused-ring (bicyclic) bond motifs is 1. The second kappa shape index (κ2) is 7.55. The monoisotopic (exact) mass is 381 g/mol. The number of rotatable bonds is 3. The molecule has 9 heteroatoms. The maximum absolute atomic E-state index is 12.7. The van der Waals surface area contributed by atoms with Gasteiger partial charge in [-0.3, -0.25) is 9.78 Å². The minimum absolute atomic E-state index is 0.199. The highest BCUT2D eigenvalue weighted by Crippen LogP contribution is 2.19. The quantitative estimate of drug-likeness (QED) is 0.744. The lowest BCUT2D eigenvalue weighted by atomic mass is 10.3. The van der Waals surface area contributed by atoms with Crippen molar-refractivity contribution in [3.63, 3.8) is 0 Å². The van der Waals surface area contributed by atoms with Crippen LogP contribution < -0.4 is 9.47 Å². The van der Waals surface area contributed by atoms with E-state index in [0.29, 0.717) is 43.2 Å². The Balaban J connectivity index is 1.38. The summed E-state index contributed by atoms with van der Waals surface area (Å²) in [6.07, 6.45) is 2.64. The second-order valence-electron chi connectivity index (χ2n) is 6.30. The van der Waals surface area contributed by atoms with Gasteiger partial charge < -0.3 is 24.3 Å². The standard InChI is InChI=1S/C19H19N5O4/c1-27-13-4-5-15-16(11-13)22-17(21-15)18(25)23-7-9-24(10-8-23)19(26)28-14-3-2-6-20-12-14/h2-6,11-12H,7-10H2,1H3,(H,21,22). The van der Waals surface area contributed by atoms with Crippen LogP contribution in [-0.2, 0) is 0 Å². The van der Waals surface area contributed by atoms with E-state index in [-0.39, 0.29) is 11.7 Å². The first-order valence-electron chi connectivity index (χ1n) is 8.84. The summed E-state index contributed by atoms with van der Waals surface area (Å²) < 4.78 is 10.5. The first kappa shape index (κ1) is 17.8. The van der Waals surface area contributed by atoms with Crippen LogP contribution in [0, 0.1) is 0 Å². The van der Waals surface area contributed by atoms with Crippen molar-refractivity contribution in [1.29, 1.82) is 0 Å². The Labute approximate surface area is 160 Å². The summed E-state index contributed by atoms with van der Waals surface area (Å²) in [6, 6.07) is 8.76. The van der Waals surface area contributed by atoms with Gasteiger partial charge in [-0.1, -0.05) is 0 Å². The fraction of sp³-hybridized carbons (Fsp3) is 0.263. The van der Waals surface area contributed by atoms with Crippen molar-refractivity contribution < 1.29 is 19.1 Å². The van der Waals surface area contributed by atoms with E-state index in [0.717, 1.165) is 5.52 Å². The summed E-state index contributed by atoms with van der Waals surface area (Å²) in [5.41, 5.74) is 1.43. The summed E-state index contributed by atoms with van der Waals surface area (Å²) in [5, 5.41) is 0. The third kappa shape index (κ3) is 3.59. The van der Waals surface area contributed by atoms with E-state index < -0.39 is 6.09 Å². The number of ether oxygens (including phenoxy) is 2. The summed E-state index contributed by atoms with van der Waals surface area (Å²) in [7, 11) is 1.59. The molecule has 1 fully saturated rings. The van der Waals surface area contributed by atoms with Crippen molar-refractivity contribution in [1.82, 2.24) is 24.8 Å². The van der Waals surface area contributed by atoms with Crippen molar-refractivity contribution in [2.75, 3.05) is 33.3 Å². The van der Waals surface area contributed by atoms with Gasteiger partial charge >= 0.3 is 6.09 Å². The number of amides is 2. The number of carbonyl (C=O) groups is 2. The molecular weight excluding hydrogens is 362 g/mol. The number of hydrogen-bond donors (Lipinski definition) is 1. The fourth-order valence-corrected chi connectivity index (χ4v) is 3.03. The van der Waals surface area contributed by atoms with Crippen molar-refractivity contribution >= 4 is 23.0 Å². The molecule has 0 atom stereocenters. The number of imidazole rings is 1. The number of H-pyrrole nitrogens is 1. The zero-order valence-electron chi connectivity index (χ0n) is 15.3. The van der Waals surface area contributed by atoms with Crippen LogP contribution in [0.15, 0.2) is 42.7 Å². The van der Waals surface area contributed by atoms with Crippen LogP contribution in [0.4, 0.5) is 4.79 Å². The minimum atomic E-state index is -0.448. The Bertz CT molecular complexity index is 996. The Kier molecular flexibility index (Phi) is 4.79. The average Bonchev–Trinajstić information content (AvgIpc) is 3.17. The van der Waals surface area contributed by atoms with Crippen LogP contribution in [-0.4, -0.2) is 70.0 Å². The van der Waals surface area contributed by atoms with Gasteiger partial charge in [0.15, 0.2) is 11.6 Å². The predicted molar refractivity (Wildman–Crippen MR) is 100 cm³/mol. The van der Waals surface area contributed by atoms with Gasteiger partial charge in [0.05, 0.1) is 24.3 Å². The molecule has 0 spiro atoms. The lowest BCUT2D eigenvalue weighted by molar-refractivity contribution is 0.0623. The van der Waals surface area contributed by atoms with E-state index in [4.69, 9.17) is 9.47 Å². The zero-order chi connectivity index (χ0) is 19.5. The Morgan fingerprint density at radius 3 is 2.57 bits per heavy atom. The summed E-state index contributed by atoms with van der Waals surface area (Å²) in [4.78, 5) is 39.5. The molecule has 2 aromatic heterocycles. The maximum atomic E-state index is 12.7. The van der Waals surface area contributed by atoms with Crippen LogP contribution >= 0.6 is 0 Å². The van der Waals surface area contributed by atoms with Crippen molar-refractivity contribution in [2.24, 2.45) is 0 Å². The van der Waals surface area contributed by atoms with Crippen LogP contribution in [0.5, 0.6) is 11.5 Å². The first-order valence-corrected chi connectivity index (χ1v) is 8.84. The molecule has 1 aliphatic rings. The molecule has 0 aliphatic carbocycles. The molecule has 9 nitrogen and oxygen atoms in total. The largest absolute Gasteiger partial charge is 0.497 e. The maximum Gasteiger partial charge on any atom is 0.415 e. The number of aromatic amines is 1. The molecule has 0 bridgehead atoms. The van der Waals surface area contributed by atoms with Crippen LogP contribution in [0.1, 0.15) is 10.6 Å². The number of carbonyl (C=O) groups excluding carboxylic acids is 2. The topological polar surface area (TPSA) is 101 Å². The fourth-order valence-electron chi connectivity index (χ4n) is 3.03. The summed E-state index contributed by atoms with van der Waals surface area (Å²) in [6.45, 7) is 1.58. The normalized spacial score (nSPS) is 14.2. The molecule has 1 saturated heterocycles. The third-order valence-corrected chi connectivity index (χ3v) is 4.56. The molecule has 1 N–H and O–H groups in total. The Hall–Kier alpha value is -3.62. The molecule has 28 heavy (non-hydrogen) atoms. The smallest absolute Gasteiger partial charge is 0.415 e. The predicted octanol–water partition coefficient (Wildman–Crippen LogP) is 1.92. The number of nitrogens with zero attached hydrogens (tertiary/aromatic N) is 4. The molecule has 3 heterocycles. The SMILES string of the molecule is COc1ccc2nc(C(=O)N3CCN(C(=O)Oc4cccnc4)CC3)[nH]c2c1. The number of hydrogen-bond acceptors (Lipinski definition) is 6. The Morgan fingerprint density at radius 2 is 1.86 bits per heavy atom. The number of pyridine rings is 1. The van der Waals surface area contributed by atoms with Crippen molar-refractivity contribution in [3.05, 3.63) is 48.5 Å². The molecule has 0 saturated carbocycles. The molecule has 0 radical (unpaired) electrons. The number of methoxy groups -OCH3 is 1. The highest BCUT2D eigenvalue weighted by Gasteiger charge is 2.27. The van der Waals surface area contributed by atoms with Gasteiger partial charge in [-0.05, 0) is 24.3 Å². The number of aromatic nitrogens is 3.